The van der Waals surface area contributed by atoms with Crippen molar-refractivity contribution in [3.8, 4) is 5.75 Å². The monoisotopic (exact) mass is 438 g/mol. The average Bonchev–Trinajstić information content (AvgIpc) is 3.58. The molecule has 3 heterocycles. The third-order valence-electron chi connectivity index (χ3n) is 6.15. The second-order valence-corrected chi connectivity index (χ2v) is 8.55. The number of fused-ring (bicyclic) bond motifs is 1. The average molecular weight is 439 g/mol. The fourth-order valence-corrected chi connectivity index (χ4v) is 4.37. The molecule has 1 N–H and O–H groups in total. The first-order valence-electron chi connectivity index (χ1n) is 11.2. The minimum Gasteiger partial charge on any atom is -0.492 e. The number of imidazole rings is 1. The number of aryl methyl sites for hydroxylation is 1. The Morgan fingerprint density at radius 3 is 2.81 bits per heavy atom. The maximum atomic E-state index is 14.3. The van der Waals surface area contributed by atoms with Gasteiger partial charge < -0.3 is 14.8 Å². The molecule has 1 aromatic carbocycles. The smallest absolute Gasteiger partial charge is 0.177 e. The predicted molar refractivity (Wildman–Crippen MR) is 119 cm³/mol. The van der Waals surface area contributed by atoms with Crippen LogP contribution in [-0.4, -0.2) is 34.0 Å². The van der Waals surface area contributed by atoms with Crippen LogP contribution in [0.25, 0.3) is 11.2 Å². The minimum atomic E-state index is -0.454. The zero-order valence-electron chi connectivity index (χ0n) is 18.4. The largest absolute Gasteiger partial charge is 0.492 e. The van der Waals surface area contributed by atoms with Crippen molar-refractivity contribution < 1.29 is 18.7 Å². The zero-order chi connectivity index (χ0) is 22.2. The summed E-state index contributed by atoms with van der Waals surface area (Å²) in [5, 5.41) is 3.28. The quantitative estimate of drug-likeness (QED) is 0.568. The highest BCUT2D eigenvalue weighted by Crippen LogP contribution is 2.36. The van der Waals surface area contributed by atoms with E-state index in [1.165, 1.54) is 13.2 Å². The predicted octanol–water partition coefficient (Wildman–Crippen LogP) is 4.85. The molecule has 1 atom stereocenters. The van der Waals surface area contributed by atoms with E-state index in [9.17, 15) is 9.18 Å². The first kappa shape index (κ1) is 20.9. The number of aromatic nitrogens is 3. The van der Waals surface area contributed by atoms with E-state index in [-0.39, 0.29) is 30.1 Å². The second kappa shape index (κ2) is 8.50. The van der Waals surface area contributed by atoms with E-state index in [0.29, 0.717) is 34.8 Å². The van der Waals surface area contributed by atoms with Crippen LogP contribution in [0.2, 0.25) is 0 Å². The summed E-state index contributed by atoms with van der Waals surface area (Å²) in [5.74, 6) is 0.826. The zero-order valence-corrected chi connectivity index (χ0v) is 18.4. The van der Waals surface area contributed by atoms with Crippen LogP contribution < -0.4 is 10.1 Å². The van der Waals surface area contributed by atoms with Crippen molar-refractivity contribution in [2.75, 3.05) is 19.0 Å². The molecule has 5 rings (SSSR count). The lowest BCUT2D eigenvalue weighted by Gasteiger charge is -2.25. The summed E-state index contributed by atoms with van der Waals surface area (Å²) in [6, 6.07) is 6.56. The first-order valence-corrected chi connectivity index (χ1v) is 11.2. The number of anilines is 2. The number of rotatable bonds is 7. The van der Waals surface area contributed by atoms with Gasteiger partial charge in [0.2, 0.25) is 0 Å². The molecule has 1 aliphatic heterocycles. The van der Waals surface area contributed by atoms with Gasteiger partial charge >= 0.3 is 0 Å². The molecule has 0 radical (unpaired) electrons. The van der Waals surface area contributed by atoms with Crippen LogP contribution in [0.4, 0.5) is 15.8 Å². The van der Waals surface area contributed by atoms with Gasteiger partial charge in [0, 0.05) is 18.9 Å². The van der Waals surface area contributed by atoms with Crippen LogP contribution in [0.5, 0.6) is 5.75 Å². The van der Waals surface area contributed by atoms with E-state index in [4.69, 9.17) is 19.4 Å². The molecule has 1 aliphatic carbocycles. The van der Waals surface area contributed by atoms with Crippen LogP contribution in [0.1, 0.15) is 49.9 Å². The second-order valence-electron chi connectivity index (χ2n) is 8.55. The normalized spacial score (nSPS) is 18.7. The lowest BCUT2D eigenvalue weighted by atomic mass is 10.1. The van der Waals surface area contributed by atoms with Crippen LogP contribution in [0, 0.1) is 18.7 Å². The van der Waals surface area contributed by atoms with Crippen molar-refractivity contribution in [3.05, 3.63) is 41.6 Å². The lowest BCUT2D eigenvalue weighted by molar-refractivity contribution is -0.119. The third kappa shape index (κ3) is 3.95. The van der Waals surface area contributed by atoms with Crippen LogP contribution >= 0.6 is 0 Å². The number of halogens is 1. The SMILES string of the molecule is COc1c(F)cccc1Nc1cc(CC(=O)C2CC2)nc2c1nc(C)n2C1CCCCO1. The van der Waals surface area contributed by atoms with E-state index < -0.39 is 5.82 Å². The third-order valence-corrected chi connectivity index (χ3v) is 6.15. The van der Waals surface area contributed by atoms with Crippen molar-refractivity contribution in [1.29, 1.82) is 0 Å². The summed E-state index contributed by atoms with van der Waals surface area (Å²) in [4.78, 5) is 22.1. The highest BCUT2D eigenvalue weighted by Gasteiger charge is 2.30. The van der Waals surface area contributed by atoms with E-state index in [2.05, 4.69) is 5.32 Å². The Labute approximate surface area is 186 Å². The molecule has 0 spiro atoms. The topological polar surface area (TPSA) is 78.3 Å². The fourth-order valence-electron chi connectivity index (χ4n) is 4.37. The minimum absolute atomic E-state index is 0.125. The van der Waals surface area contributed by atoms with E-state index in [1.54, 1.807) is 12.1 Å². The molecule has 32 heavy (non-hydrogen) atoms. The van der Waals surface area contributed by atoms with Gasteiger partial charge in [0.05, 0.1) is 24.2 Å². The Morgan fingerprint density at radius 1 is 1.25 bits per heavy atom. The molecule has 7 nitrogen and oxygen atoms in total. The summed E-state index contributed by atoms with van der Waals surface area (Å²) >= 11 is 0. The molecule has 1 saturated carbocycles. The van der Waals surface area contributed by atoms with Crippen molar-refractivity contribution >= 4 is 28.3 Å². The van der Waals surface area contributed by atoms with Crippen molar-refractivity contribution in [3.63, 3.8) is 0 Å². The Bertz CT molecular complexity index is 1170. The summed E-state index contributed by atoms with van der Waals surface area (Å²) in [7, 11) is 1.44. The number of ether oxygens (including phenoxy) is 2. The molecule has 2 aromatic heterocycles. The summed E-state index contributed by atoms with van der Waals surface area (Å²) < 4.78 is 27.6. The fraction of sp³-hybridized carbons (Fsp3) is 0.458. The van der Waals surface area contributed by atoms with Crippen molar-refractivity contribution in [2.24, 2.45) is 5.92 Å². The molecule has 8 heteroatoms. The molecule has 168 valence electrons. The maximum absolute atomic E-state index is 14.3. The van der Waals surface area contributed by atoms with Crippen LogP contribution in [0.3, 0.4) is 0 Å². The summed E-state index contributed by atoms with van der Waals surface area (Å²) in [6.07, 6.45) is 5.06. The van der Waals surface area contributed by atoms with Crippen LogP contribution in [-0.2, 0) is 16.0 Å². The number of carbonyl (C=O) groups is 1. The maximum Gasteiger partial charge on any atom is 0.177 e. The van der Waals surface area contributed by atoms with Gasteiger partial charge in [-0.1, -0.05) is 6.07 Å². The number of nitrogens with one attached hydrogen (secondary N) is 1. The number of ketones is 1. The molecule has 1 unspecified atom stereocenters. The highest BCUT2D eigenvalue weighted by molar-refractivity contribution is 5.91. The number of pyridine rings is 1. The van der Waals surface area contributed by atoms with E-state index in [0.717, 1.165) is 37.9 Å². The van der Waals surface area contributed by atoms with Gasteiger partial charge in [-0.3, -0.25) is 9.36 Å². The van der Waals surface area contributed by atoms with Crippen molar-refractivity contribution in [1.82, 2.24) is 14.5 Å². The molecule has 3 aromatic rings. The van der Waals surface area contributed by atoms with Gasteiger partial charge in [-0.25, -0.2) is 14.4 Å². The number of hydrogen-bond acceptors (Lipinski definition) is 6. The lowest BCUT2D eigenvalue weighted by Crippen LogP contribution is -2.19. The molecule has 0 amide bonds. The summed E-state index contributed by atoms with van der Waals surface area (Å²) in [5.41, 5.74) is 3.15. The Morgan fingerprint density at radius 2 is 2.09 bits per heavy atom. The number of Topliss-reactive ketones (excluding diaryl/α,β-unsaturated/α-hetero) is 1. The molecule has 0 bridgehead atoms. The number of hydrogen-bond donors (Lipinski definition) is 1. The summed E-state index contributed by atoms with van der Waals surface area (Å²) in [6.45, 7) is 2.64. The van der Waals surface area contributed by atoms with Gasteiger partial charge in [-0.05, 0) is 57.2 Å². The Balaban J connectivity index is 1.61. The highest BCUT2D eigenvalue weighted by atomic mass is 19.1. The van der Waals surface area contributed by atoms with Gasteiger partial charge in [0.15, 0.2) is 17.2 Å². The molecule has 1 saturated heterocycles. The van der Waals surface area contributed by atoms with Crippen LogP contribution in [0.15, 0.2) is 24.3 Å². The van der Waals surface area contributed by atoms with Gasteiger partial charge in [-0.15, -0.1) is 0 Å². The number of nitrogens with zero attached hydrogens (tertiary/aromatic N) is 3. The number of para-hydroxylation sites is 1. The Hall–Kier alpha value is -3.00. The van der Waals surface area contributed by atoms with Gasteiger partial charge in [-0.2, -0.15) is 0 Å². The van der Waals surface area contributed by atoms with Crippen molar-refractivity contribution in [2.45, 2.75) is 51.7 Å². The Kier molecular flexibility index (Phi) is 5.55. The molecular formula is C24H27FN4O3. The van der Waals surface area contributed by atoms with Gasteiger partial charge in [0.25, 0.3) is 0 Å². The first-order chi connectivity index (χ1) is 15.5. The van der Waals surface area contributed by atoms with E-state index >= 15 is 0 Å². The number of methoxy groups -OCH3 is 1. The van der Waals surface area contributed by atoms with E-state index in [1.807, 2.05) is 17.6 Å². The molecular weight excluding hydrogens is 411 g/mol. The standard InChI is InChI=1S/C24H27FN4O3/c1-14-26-22-19(28-18-7-5-6-17(25)23(18)31-2)12-16(13-20(30)15-9-10-15)27-24(22)29(14)21-8-3-4-11-32-21/h5-7,12,15,21H,3-4,8-11,13H2,1-2H3,(H,27,28). The molecule has 2 fully saturated rings. The van der Waals surface area contributed by atoms with Gasteiger partial charge in [0.1, 0.15) is 23.4 Å². The molecule has 2 aliphatic rings. The number of benzene rings is 1. The number of carbonyl (C=O) groups excluding carboxylic acids is 1.